The Balaban J connectivity index is 1.93. The van der Waals surface area contributed by atoms with Crippen molar-refractivity contribution in [2.24, 2.45) is 0 Å². The standard InChI is InChI=1S/C16H16BrNO2S/c1-11(21-15-9-3-12(17)4-10-15)16(19)18-13-5-7-14(20-2)8-6-13/h3-11H,1-2H3,(H,18,19)/t11-/m1/s1. The van der Waals surface area contributed by atoms with Crippen LogP contribution in [-0.4, -0.2) is 18.3 Å². The fraction of sp³-hybridized carbons (Fsp3) is 0.188. The number of amides is 1. The number of carbonyl (C=O) groups excluding carboxylic acids is 1. The Morgan fingerprint density at radius 1 is 1.14 bits per heavy atom. The lowest BCUT2D eigenvalue weighted by Gasteiger charge is -2.12. The van der Waals surface area contributed by atoms with Crippen LogP contribution in [0.15, 0.2) is 57.9 Å². The second kappa shape index (κ2) is 7.52. The van der Waals surface area contributed by atoms with Crippen LogP contribution in [0.25, 0.3) is 0 Å². The van der Waals surface area contributed by atoms with Crippen molar-refractivity contribution in [2.45, 2.75) is 17.1 Å². The van der Waals surface area contributed by atoms with E-state index < -0.39 is 0 Å². The third kappa shape index (κ3) is 4.79. The molecule has 0 unspecified atom stereocenters. The van der Waals surface area contributed by atoms with Crippen LogP contribution in [0.5, 0.6) is 5.75 Å². The summed E-state index contributed by atoms with van der Waals surface area (Å²) in [5.74, 6) is 0.748. The minimum atomic E-state index is -0.173. The third-order valence-electron chi connectivity index (χ3n) is 2.85. The summed E-state index contributed by atoms with van der Waals surface area (Å²) in [5.41, 5.74) is 0.768. The van der Waals surface area contributed by atoms with E-state index in [0.29, 0.717) is 0 Å². The number of ether oxygens (including phenoxy) is 1. The topological polar surface area (TPSA) is 38.3 Å². The molecule has 5 heteroatoms. The molecule has 3 nitrogen and oxygen atoms in total. The number of halogens is 1. The lowest BCUT2D eigenvalue weighted by molar-refractivity contribution is -0.115. The van der Waals surface area contributed by atoms with Gasteiger partial charge in [0.25, 0.3) is 0 Å². The van der Waals surface area contributed by atoms with Crippen LogP contribution in [0.3, 0.4) is 0 Å². The molecule has 0 aromatic heterocycles. The number of anilines is 1. The molecule has 0 bridgehead atoms. The SMILES string of the molecule is COc1ccc(NC(=O)[C@@H](C)Sc2ccc(Br)cc2)cc1. The highest BCUT2D eigenvalue weighted by Gasteiger charge is 2.14. The van der Waals surface area contributed by atoms with Gasteiger partial charge in [-0.2, -0.15) is 0 Å². The van der Waals surface area contributed by atoms with Gasteiger partial charge in [-0.25, -0.2) is 0 Å². The number of methoxy groups -OCH3 is 1. The number of nitrogens with one attached hydrogen (secondary N) is 1. The molecule has 0 spiro atoms. The molecule has 0 fully saturated rings. The highest BCUT2D eigenvalue weighted by atomic mass is 79.9. The highest BCUT2D eigenvalue weighted by Crippen LogP contribution is 2.26. The molecule has 0 saturated carbocycles. The fourth-order valence-electron chi connectivity index (χ4n) is 1.69. The van der Waals surface area contributed by atoms with Gasteiger partial charge in [0.15, 0.2) is 0 Å². The zero-order valence-electron chi connectivity index (χ0n) is 11.8. The van der Waals surface area contributed by atoms with Crippen LogP contribution in [0.2, 0.25) is 0 Å². The van der Waals surface area contributed by atoms with Gasteiger partial charge in [-0.3, -0.25) is 4.79 Å². The van der Waals surface area contributed by atoms with E-state index in [9.17, 15) is 4.79 Å². The molecular formula is C16H16BrNO2S. The Morgan fingerprint density at radius 2 is 1.76 bits per heavy atom. The van der Waals surface area contributed by atoms with Crippen LogP contribution >= 0.6 is 27.7 Å². The summed E-state index contributed by atoms with van der Waals surface area (Å²) >= 11 is 4.93. The van der Waals surface area contributed by atoms with Gasteiger partial charge >= 0.3 is 0 Å². The number of rotatable bonds is 5. The van der Waals surface area contributed by atoms with E-state index in [2.05, 4.69) is 21.2 Å². The van der Waals surface area contributed by atoms with Crippen molar-refractivity contribution < 1.29 is 9.53 Å². The first-order valence-corrected chi connectivity index (χ1v) is 8.13. The Labute approximate surface area is 137 Å². The van der Waals surface area contributed by atoms with Crippen molar-refractivity contribution in [2.75, 3.05) is 12.4 Å². The minimum absolute atomic E-state index is 0.0203. The van der Waals surface area contributed by atoms with Crippen molar-refractivity contribution in [1.82, 2.24) is 0 Å². The number of hydrogen-bond acceptors (Lipinski definition) is 3. The average molecular weight is 366 g/mol. The number of benzene rings is 2. The number of carbonyl (C=O) groups is 1. The van der Waals surface area contributed by atoms with Gasteiger partial charge < -0.3 is 10.1 Å². The molecule has 1 amide bonds. The highest BCUT2D eigenvalue weighted by molar-refractivity contribution is 9.10. The van der Waals surface area contributed by atoms with Crippen LogP contribution in [0, 0.1) is 0 Å². The van der Waals surface area contributed by atoms with E-state index in [1.54, 1.807) is 7.11 Å². The van der Waals surface area contributed by atoms with Crippen molar-refractivity contribution >= 4 is 39.3 Å². The molecule has 0 heterocycles. The normalized spacial score (nSPS) is 11.8. The molecule has 0 aliphatic heterocycles. The van der Waals surface area contributed by atoms with Gasteiger partial charge in [0.2, 0.25) is 5.91 Å². The molecule has 0 radical (unpaired) electrons. The summed E-state index contributed by atoms with van der Waals surface area (Å²) in [6.45, 7) is 1.89. The van der Waals surface area contributed by atoms with Crippen LogP contribution in [-0.2, 0) is 4.79 Å². The van der Waals surface area contributed by atoms with Crippen molar-refractivity contribution in [3.05, 3.63) is 53.0 Å². The summed E-state index contributed by atoms with van der Waals surface area (Å²) < 4.78 is 6.12. The molecule has 2 aromatic carbocycles. The number of hydrogen-bond donors (Lipinski definition) is 1. The van der Waals surface area contributed by atoms with E-state index >= 15 is 0 Å². The molecule has 110 valence electrons. The maximum Gasteiger partial charge on any atom is 0.237 e. The maximum atomic E-state index is 12.2. The maximum absolute atomic E-state index is 12.2. The lowest BCUT2D eigenvalue weighted by atomic mass is 10.3. The van der Waals surface area contributed by atoms with E-state index in [1.165, 1.54) is 11.8 Å². The summed E-state index contributed by atoms with van der Waals surface area (Å²) in [7, 11) is 1.62. The van der Waals surface area contributed by atoms with Gasteiger partial charge in [-0.1, -0.05) is 15.9 Å². The van der Waals surface area contributed by atoms with E-state index in [0.717, 1.165) is 20.8 Å². The summed E-state index contributed by atoms with van der Waals surface area (Å²) in [6.07, 6.45) is 0. The van der Waals surface area contributed by atoms with Crippen LogP contribution < -0.4 is 10.1 Å². The zero-order valence-corrected chi connectivity index (χ0v) is 14.2. The van der Waals surface area contributed by atoms with Crippen molar-refractivity contribution in [3.63, 3.8) is 0 Å². The van der Waals surface area contributed by atoms with Gasteiger partial charge in [-0.15, -0.1) is 11.8 Å². The molecular weight excluding hydrogens is 350 g/mol. The summed E-state index contributed by atoms with van der Waals surface area (Å²) in [5, 5.41) is 2.73. The Kier molecular flexibility index (Phi) is 5.70. The first-order chi connectivity index (χ1) is 10.1. The quantitative estimate of drug-likeness (QED) is 0.788. The van der Waals surface area contributed by atoms with Crippen molar-refractivity contribution in [3.8, 4) is 5.75 Å². The smallest absolute Gasteiger partial charge is 0.237 e. The van der Waals surface area contributed by atoms with E-state index in [1.807, 2.05) is 55.5 Å². The Bertz CT molecular complexity index is 599. The van der Waals surface area contributed by atoms with Crippen molar-refractivity contribution in [1.29, 1.82) is 0 Å². The first kappa shape index (κ1) is 15.9. The molecule has 2 aromatic rings. The van der Waals surface area contributed by atoms with Crippen LogP contribution in [0.4, 0.5) is 5.69 Å². The monoisotopic (exact) mass is 365 g/mol. The van der Waals surface area contributed by atoms with Gasteiger partial charge in [0.1, 0.15) is 5.75 Å². The number of thioether (sulfide) groups is 1. The van der Waals surface area contributed by atoms with Gasteiger partial charge in [0, 0.05) is 15.1 Å². The fourth-order valence-corrected chi connectivity index (χ4v) is 2.82. The molecule has 0 aliphatic carbocycles. The van der Waals surface area contributed by atoms with E-state index in [4.69, 9.17) is 4.74 Å². The molecule has 1 N–H and O–H groups in total. The Morgan fingerprint density at radius 3 is 2.33 bits per heavy atom. The minimum Gasteiger partial charge on any atom is -0.497 e. The predicted octanol–water partition coefficient (Wildman–Crippen LogP) is 4.58. The van der Waals surface area contributed by atoms with Crippen LogP contribution in [0.1, 0.15) is 6.92 Å². The van der Waals surface area contributed by atoms with Gasteiger partial charge in [0.05, 0.1) is 12.4 Å². The predicted molar refractivity (Wildman–Crippen MR) is 91.1 cm³/mol. The zero-order chi connectivity index (χ0) is 15.2. The van der Waals surface area contributed by atoms with E-state index in [-0.39, 0.29) is 11.2 Å². The second-order valence-electron chi connectivity index (χ2n) is 4.43. The lowest BCUT2D eigenvalue weighted by Crippen LogP contribution is -2.22. The second-order valence-corrected chi connectivity index (χ2v) is 6.76. The average Bonchev–Trinajstić information content (AvgIpc) is 2.50. The first-order valence-electron chi connectivity index (χ1n) is 6.45. The summed E-state index contributed by atoms with van der Waals surface area (Å²) in [6, 6.07) is 15.2. The molecule has 0 aliphatic rings. The molecule has 21 heavy (non-hydrogen) atoms. The third-order valence-corrected chi connectivity index (χ3v) is 4.49. The molecule has 2 rings (SSSR count). The Hall–Kier alpha value is -1.46. The largest absolute Gasteiger partial charge is 0.497 e. The summed E-state index contributed by atoms with van der Waals surface area (Å²) in [4.78, 5) is 13.2. The molecule has 1 atom stereocenters. The van der Waals surface area contributed by atoms with Gasteiger partial charge in [-0.05, 0) is 55.5 Å². The molecule has 0 saturated heterocycles.